The number of thioether (sulfide) groups is 1. The van der Waals surface area contributed by atoms with E-state index >= 15 is 0 Å². The first-order chi connectivity index (χ1) is 7.47. The maximum Gasteiger partial charge on any atom is 0.303 e. The normalized spacial score (nSPS) is 39.4. The fourth-order valence-electron chi connectivity index (χ4n) is 1.66. The molecule has 0 aromatic heterocycles. The number of rotatable bonds is 3. The largest absolute Gasteiger partial charge is 0.457 e. The highest BCUT2D eigenvalue weighted by Gasteiger charge is 2.44. The molecule has 0 saturated carbocycles. The zero-order chi connectivity index (χ0) is 12.3. The average Bonchev–Trinajstić information content (AvgIpc) is 2.21. The molecule has 2 N–H and O–H groups in total. The van der Waals surface area contributed by atoms with Crippen molar-refractivity contribution in [3.63, 3.8) is 0 Å². The first-order valence-corrected chi connectivity index (χ1v) is 6.32. The van der Waals surface area contributed by atoms with Crippen LogP contribution in [0.25, 0.3) is 0 Å². The number of carbonyl (C=O) groups excluding carboxylic acids is 1. The van der Waals surface area contributed by atoms with Crippen LogP contribution in [0.5, 0.6) is 0 Å². The molecule has 94 valence electrons. The van der Waals surface area contributed by atoms with Crippen molar-refractivity contribution in [2.24, 2.45) is 0 Å². The predicted molar refractivity (Wildman–Crippen MR) is 60.0 cm³/mol. The van der Waals surface area contributed by atoms with Crippen LogP contribution in [0.4, 0.5) is 0 Å². The van der Waals surface area contributed by atoms with Crippen LogP contribution in [0.3, 0.4) is 0 Å². The minimum absolute atomic E-state index is 0.425. The molecule has 1 fully saturated rings. The van der Waals surface area contributed by atoms with Gasteiger partial charge in [-0.25, -0.2) is 0 Å². The average molecular weight is 250 g/mol. The van der Waals surface area contributed by atoms with E-state index in [9.17, 15) is 15.0 Å². The van der Waals surface area contributed by atoms with Crippen LogP contribution >= 0.6 is 11.8 Å². The molecule has 0 bridgehead atoms. The molecule has 1 saturated heterocycles. The monoisotopic (exact) mass is 250 g/mol. The summed E-state index contributed by atoms with van der Waals surface area (Å²) >= 11 is 1.42. The molecule has 0 unspecified atom stereocenters. The third kappa shape index (κ3) is 3.10. The Morgan fingerprint density at radius 3 is 2.56 bits per heavy atom. The predicted octanol–water partition coefficient (Wildman–Crippen LogP) is 0.138. The SMILES string of the molecule is CCS[C@@H]1O[C@@H](C)[C@H](OC(C)=O)[C@@H](O)[C@H]1O. The number of esters is 1. The topological polar surface area (TPSA) is 76.0 Å². The quantitative estimate of drug-likeness (QED) is 0.694. The van der Waals surface area contributed by atoms with Crippen LogP contribution in [0.2, 0.25) is 0 Å². The Balaban J connectivity index is 2.67. The Labute approximate surface area is 99.1 Å². The summed E-state index contributed by atoms with van der Waals surface area (Å²) < 4.78 is 10.4. The van der Waals surface area contributed by atoms with E-state index in [0.29, 0.717) is 0 Å². The van der Waals surface area contributed by atoms with Crippen LogP contribution in [-0.2, 0) is 14.3 Å². The Morgan fingerprint density at radius 2 is 2.06 bits per heavy atom. The zero-order valence-electron chi connectivity index (χ0n) is 9.62. The molecule has 0 amide bonds. The van der Waals surface area contributed by atoms with E-state index in [1.54, 1.807) is 6.92 Å². The number of aliphatic hydroxyl groups is 2. The maximum absolute atomic E-state index is 10.8. The van der Waals surface area contributed by atoms with Crippen molar-refractivity contribution in [3.8, 4) is 0 Å². The van der Waals surface area contributed by atoms with Crippen LogP contribution in [0.1, 0.15) is 20.8 Å². The number of ether oxygens (including phenoxy) is 2. The van der Waals surface area contributed by atoms with E-state index in [1.165, 1.54) is 18.7 Å². The van der Waals surface area contributed by atoms with Gasteiger partial charge in [0.2, 0.25) is 0 Å². The van der Waals surface area contributed by atoms with Gasteiger partial charge in [-0.2, -0.15) is 0 Å². The standard InChI is InChI=1S/C10H18O5S/c1-4-16-10-8(13)7(12)9(5(2)14-10)15-6(3)11/h5,7-10,12-13H,4H2,1-3H3/t5-,7-,8+,9-,10-/m0/s1. The zero-order valence-corrected chi connectivity index (χ0v) is 10.4. The fourth-order valence-corrected chi connectivity index (χ4v) is 2.60. The molecule has 1 heterocycles. The Hall–Kier alpha value is -0.300. The highest BCUT2D eigenvalue weighted by molar-refractivity contribution is 7.99. The third-order valence-corrected chi connectivity index (χ3v) is 3.46. The van der Waals surface area contributed by atoms with E-state index in [2.05, 4.69) is 0 Å². The summed E-state index contributed by atoms with van der Waals surface area (Å²) in [5.41, 5.74) is -0.471. The molecule has 0 radical (unpaired) electrons. The van der Waals surface area contributed by atoms with Crippen LogP contribution in [0, 0.1) is 0 Å². The van der Waals surface area contributed by atoms with Crippen LogP contribution in [-0.4, -0.2) is 51.8 Å². The van der Waals surface area contributed by atoms with Gasteiger partial charge in [0, 0.05) is 6.92 Å². The highest BCUT2D eigenvalue weighted by atomic mass is 32.2. The molecule has 1 aliphatic rings. The summed E-state index contributed by atoms with van der Waals surface area (Å²) in [6.45, 7) is 4.92. The van der Waals surface area contributed by atoms with Crippen LogP contribution < -0.4 is 0 Å². The van der Waals surface area contributed by atoms with Crippen molar-refractivity contribution in [2.75, 3.05) is 5.75 Å². The highest BCUT2D eigenvalue weighted by Crippen LogP contribution is 2.29. The molecule has 0 spiro atoms. The van der Waals surface area contributed by atoms with Gasteiger partial charge in [-0.15, -0.1) is 11.8 Å². The van der Waals surface area contributed by atoms with Gasteiger partial charge in [0.1, 0.15) is 17.6 Å². The summed E-state index contributed by atoms with van der Waals surface area (Å²) in [4.78, 5) is 10.8. The van der Waals surface area contributed by atoms with Gasteiger partial charge in [-0.05, 0) is 12.7 Å². The lowest BCUT2D eigenvalue weighted by atomic mass is 10.0. The minimum atomic E-state index is -1.10. The number of hydrogen-bond acceptors (Lipinski definition) is 6. The van der Waals surface area contributed by atoms with E-state index in [-0.39, 0.29) is 0 Å². The van der Waals surface area contributed by atoms with E-state index in [4.69, 9.17) is 9.47 Å². The van der Waals surface area contributed by atoms with Crippen LogP contribution in [0.15, 0.2) is 0 Å². The van der Waals surface area contributed by atoms with Crippen molar-refractivity contribution >= 4 is 17.7 Å². The first-order valence-electron chi connectivity index (χ1n) is 5.27. The van der Waals surface area contributed by atoms with Crippen molar-refractivity contribution in [1.29, 1.82) is 0 Å². The summed E-state index contributed by atoms with van der Waals surface area (Å²) in [5, 5.41) is 19.6. The van der Waals surface area contributed by atoms with Crippen molar-refractivity contribution in [3.05, 3.63) is 0 Å². The summed E-state index contributed by atoms with van der Waals surface area (Å²) in [6.07, 6.45) is -3.37. The molecule has 1 rings (SSSR count). The molecule has 6 heteroatoms. The first kappa shape index (κ1) is 13.8. The molecule has 1 aliphatic heterocycles. The van der Waals surface area contributed by atoms with Gasteiger partial charge < -0.3 is 19.7 Å². The van der Waals surface area contributed by atoms with Crippen molar-refractivity contribution in [2.45, 2.75) is 50.6 Å². The minimum Gasteiger partial charge on any atom is -0.457 e. The van der Waals surface area contributed by atoms with E-state index in [0.717, 1.165) is 5.75 Å². The fraction of sp³-hybridized carbons (Fsp3) is 0.900. The molecule has 5 atom stereocenters. The molecule has 0 aliphatic carbocycles. The molecular formula is C10H18O5S. The summed E-state index contributed by atoms with van der Waals surface area (Å²) in [5.74, 6) is 0.285. The van der Waals surface area contributed by atoms with Gasteiger partial charge >= 0.3 is 5.97 Å². The van der Waals surface area contributed by atoms with Crippen molar-refractivity contribution < 1.29 is 24.5 Å². The smallest absolute Gasteiger partial charge is 0.303 e. The molecule has 0 aromatic carbocycles. The third-order valence-electron chi connectivity index (χ3n) is 2.41. The number of carbonyl (C=O) groups is 1. The lowest BCUT2D eigenvalue weighted by molar-refractivity contribution is -0.210. The van der Waals surface area contributed by atoms with Gasteiger partial charge in [0.05, 0.1) is 6.10 Å². The number of hydrogen-bond donors (Lipinski definition) is 2. The maximum atomic E-state index is 10.8. The van der Waals surface area contributed by atoms with E-state index in [1.807, 2.05) is 6.92 Å². The van der Waals surface area contributed by atoms with Gasteiger partial charge in [0.15, 0.2) is 6.10 Å². The molecule has 5 nitrogen and oxygen atoms in total. The second-order valence-corrected chi connectivity index (χ2v) is 5.10. The molecular weight excluding hydrogens is 232 g/mol. The molecule has 16 heavy (non-hydrogen) atoms. The lowest BCUT2D eigenvalue weighted by Gasteiger charge is -2.40. The van der Waals surface area contributed by atoms with Gasteiger partial charge in [-0.1, -0.05) is 6.92 Å². The Morgan fingerprint density at radius 1 is 1.44 bits per heavy atom. The van der Waals surface area contributed by atoms with Crippen molar-refractivity contribution in [1.82, 2.24) is 0 Å². The lowest BCUT2D eigenvalue weighted by Crippen LogP contribution is -2.57. The second-order valence-electron chi connectivity index (χ2n) is 3.72. The second kappa shape index (κ2) is 5.86. The molecule has 0 aromatic rings. The van der Waals surface area contributed by atoms with E-state index < -0.39 is 35.8 Å². The Bertz CT molecular complexity index is 247. The van der Waals surface area contributed by atoms with Gasteiger partial charge in [0.25, 0.3) is 0 Å². The Kier molecular flexibility index (Phi) is 5.04. The van der Waals surface area contributed by atoms with Gasteiger partial charge in [-0.3, -0.25) is 4.79 Å². The summed E-state index contributed by atoms with van der Waals surface area (Å²) in [7, 11) is 0. The number of aliphatic hydroxyl groups excluding tert-OH is 2. The summed E-state index contributed by atoms with van der Waals surface area (Å²) in [6, 6.07) is 0.